The predicted molar refractivity (Wildman–Crippen MR) is 128 cm³/mol. The number of nitrogens with one attached hydrogen (secondary N) is 2. The highest BCUT2D eigenvalue weighted by molar-refractivity contribution is 7.92. The fraction of sp³-hybridized carbons (Fsp3) is 0.0909. The second-order valence-corrected chi connectivity index (χ2v) is 9.97. The molecule has 2 N–H and O–H groups in total. The highest BCUT2D eigenvalue weighted by Crippen LogP contribution is 2.35. The second kappa shape index (κ2) is 8.46. The number of halogens is 3. The van der Waals surface area contributed by atoms with Gasteiger partial charge >= 0.3 is 0 Å². The van der Waals surface area contributed by atoms with Gasteiger partial charge in [-0.3, -0.25) is 4.72 Å². The van der Waals surface area contributed by atoms with E-state index in [0.29, 0.717) is 26.5 Å². The van der Waals surface area contributed by atoms with Gasteiger partial charge in [-0.1, -0.05) is 34.5 Å². The van der Waals surface area contributed by atoms with Crippen molar-refractivity contribution in [3.05, 3.63) is 76.2 Å². The van der Waals surface area contributed by atoms with Gasteiger partial charge in [-0.2, -0.15) is 0 Å². The van der Waals surface area contributed by atoms with Crippen LogP contribution in [-0.2, 0) is 23.7 Å². The zero-order chi connectivity index (χ0) is 24.0. The van der Waals surface area contributed by atoms with E-state index in [9.17, 15) is 12.8 Å². The standard InChI is InChI=1S/C22H16Cl2FN5O3S/c1-30-19-6-2-12(8-18(19)27-29-30)11-33-13-3-7-20(16(25)9-13)34(31,32)28-17-5-4-14(23)21-15(24)10-26-22(17)21/h2-10,26,28H,11H2,1H3. The van der Waals surface area contributed by atoms with Crippen LogP contribution in [0.2, 0.25) is 10.0 Å². The smallest absolute Gasteiger partial charge is 0.264 e. The van der Waals surface area contributed by atoms with E-state index in [0.717, 1.165) is 23.2 Å². The molecule has 0 aliphatic carbocycles. The van der Waals surface area contributed by atoms with Crippen LogP contribution >= 0.6 is 23.2 Å². The largest absolute Gasteiger partial charge is 0.489 e. The van der Waals surface area contributed by atoms with Crippen LogP contribution in [0.4, 0.5) is 10.1 Å². The number of ether oxygens (including phenoxy) is 1. The molecule has 8 nitrogen and oxygen atoms in total. The van der Waals surface area contributed by atoms with Crippen molar-refractivity contribution in [3.63, 3.8) is 0 Å². The average molecular weight is 520 g/mol. The van der Waals surface area contributed by atoms with Crippen molar-refractivity contribution >= 4 is 60.8 Å². The monoisotopic (exact) mass is 519 g/mol. The molecule has 0 spiro atoms. The third-order valence-electron chi connectivity index (χ3n) is 5.25. The van der Waals surface area contributed by atoms with Crippen LogP contribution in [0.5, 0.6) is 5.75 Å². The first-order valence-electron chi connectivity index (χ1n) is 9.91. The number of aromatic amines is 1. The van der Waals surface area contributed by atoms with E-state index in [-0.39, 0.29) is 18.0 Å². The molecule has 0 radical (unpaired) electrons. The Kier molecular flexibility index (Phi) is 5.59. The van der Waals surface area contributed by atoms with Crippen LogP contribution in [-0.4, -0.2) is 28.4 Å². The summed E-state index contributed by atoms with van der Waals surface area (Å²) in [6.07, 6.45) is 1.49. The van der Waals surface area contributed by atoms with Crippen molar-refractivity contribution in [2.45, 2.75) is 11.5 Å². The van der Waals surface area contributed by atoms with E-state index in [2.05, 4.69) is 20.0 Å². The number of sulfonamides is 1. The highest BCUT2D eigenvalue weighted by Gasteiger charge is 2.22. The lowest BCUT2D eigenvalue weighted by molar-refractivity contribution is 0.304. The quantitative estimate of drug-likeness (QED) is 0.318. The number of aromatic nitrogens is 4. The van der Waals surface area contributed by atoms with Crippen molar-refractivity contribution in [2.24, 2.45) is 7.05 Å². The minimum absolute atomic E-state index is 0.145. The number of benzene rings is 3. The normalized spacial score (nSPS) is 11.9. The zero-order valence-electron chi connectivity index (χ0n) is 17.5. The van der Waals surface area contributed by atoms with E-state index in [1.54, 1.807) is 11.7 Å². The maximum Gasteiger partial charge on any atom is 0.264 e. The minimum Gasteiger partial charge on any atom is -0.489 e. The van der Waals surface area contributed by atoms with Crippen molar-refractivity contribution in [3.8, 4) is 5.75 Å². The fourth-order valence-electron chi connectivity index (χ4n) is 3.59. The lowest BCUT2D eigenvalue weighted by Gasteiger charge is -2.12. The molecule has 0 unspecified atom stereocenters. The Hall–Kier alpha value is -3.34. The molecule has 0 aliphatic rings. The van der Waals surface area contributed by atoms with Crippen LogP contribution in [0.1, 0.15) is 5.56 Å². The molecule has 34 heavy (non-hydrogen) atoms. The molecule has 0 atom stereocenters. The second-order valence-electron chi connectivity index (χ2n) is 7.50. The molecule has 0 fully saturated rings. The van der Waals surface area contributed by atoms with E-state index in [4.69, 9.17) is 27.9 Å². The van der Waals surface area contributed by atoms with Gasteiger partial charge in [0.15, 0.2) is 0 Å². The number of nitrogens with zero attached hydrogens (tertiary/aromatic N) is 3. The number of fused-ring (bicyclic) bond motifs is 2. The first-order valence-corrected chi connectivity index (χ1v) is 12.2. The Bertz CT molecular complexity index is 1670. The van der Waals surface area contributed by atoms with Gasteiger partial charge in [0.05, 0.1) is 26.8 Å². The van der Waals surface area contributed by atoms with Gasteiger partial charge in [0.25, 0.3) is 10.0 Å². The molecule has 2 heterocycles. The van der Waals surface area contributed by atoms with Crippen LogP contribution in [0, 0.1) is 5.82 Å². The number of hydrogen-bond donors (Lipinski definition) is 2. The van der Waals surface area contributed by atoms with Gasteiger partial charge in [-0.15, -0.1) is 5.10 Å². The van der Waals surface area contributed by atoms with Crippen LogP contribution in [0.25, 0.3) is 21.9 Å². The summed E-state index contributed by atoms with van der Waals surface area (Å²) < 4.78 is 50.3. The highest BCUT2D eigenvalue weighted by atomic mass is 35.5. The molecule has 2 aromatic heterocycles. The Balaban J connectivity index is 1.36. The summed E-state index contributed by atoms with van der Waals surface area (Å²) in [4.78, 5) is 2.35. The molecular formula is C22H16Cl2FN5O3S. The molecule has 5 aromatic rings. The zero-order valence-corrected chi connectivity index (χ0v) is 19.8. The van der Waals surface area contributed by atoms with Crippen molar-refractivity contribution in [1.29, 1.82) is 0 Å². The van der Waals surface area contributed by atoms with E-state index < -0.39 is 20.7 Å². The number of H-pyrrole nitrogens is 1. The van der Waals surface area contributed by atoms with Crippen LogP contribution < -0.4 is 9.46 Å². The Morgan fingerprint density at radius 3 is 2.74 bits per heavy atom. The molecule has 0 saturated carbocycles. The summed E-state index contributed by atoms with van der Waals surface area (Å²) in [6, 6.07) is 12.1. The van der Waals surface area contributed by atoms with Gasteiger partial charge < -0.3 is 9.72 Å². The molecule has 3 aromatic carbocycles. The third-order valence-corrected chi connectivity index (χ3v) is 7.27. The maximum atomic E-state index is 14.8. The lowest BCUT2D eigenvalue weighted by Crippen LogP contribution is -2.15. The number of hydrogen-bond acceptors (Lipinski definition) is 5. The van der Waals surface area contributed by atoms with Gasteiger partial charge in [0.1, 0.15) is 28.6 Å². The van der Waals surface area contributed by atoms with Gasteiger partial charge in [0, 0.05) is 24.7 Å². The molecule has 0 amide bonds. The maximum absolute atomic E-state index is 14.8. The summed E-state index contributed by atoms with van der Waals surface area (Å²) in [5, 5.41) is 9.16. The summed E-state index contributed by atoms with van der Waals surface area (Å²) in [7, 11) is -2.46. The van der Waals surface area contributed by atoms with Crippen LogP contribution in [0.3, 0.4) is 0 Å². The molecule has 174 valence electrons. The van der Waals surface area contributed by atoms with Crippen molar-refractivity contribution in [1.82, 2.24) is 20.0 Å². The molecule has 0 aliphatic heterocycles. The first kappa shape index (κ1) is 22.5. The van der Waals surface area contributed by atoms with Crippen molar-refractivity contribution < 1.29 is 17.5 Å². The van der Waals surface area contributed by atoms with E-state index in [1.165, 1.54) is 24.4 Å². The van der Waals surface area contributed by atoms with Gasteiger partial charge in [-0.25, -0.2) is 17.5 Å². The SMILES string of the molecule is Cn1nnc2cc(COc3ccc(S(=O)(=O)Nc4ccc(Cl)c5c(Cl)c[nH]c45)c(F)c3)ccc21. The molecular weight excluding hydrogens is 504 g/mol. The van der Waals surface area contributed by atoms with E-state index >= 15 is 0 Å². The number of aryl methyl sites for hydroxylation is 1. The first-order chi connectivity index (χ1) is 16.2. The summed E-state index contributed by atoms with van der Waals surface area (Å²) in [6.45, 7) is 0.145. The Morgan fingerprint density at radius 2 is 1.94 bits per heavy atom. The molecule has 12 heteroatoms. The number of anilines is 1. The summed E-state index contributed by atoms with van der Waals surface area (Å²) in [5.74, 6) is -0.773. The van der Waals surface area contributed by atoms with Crippen LogP contribution in [0.15, 0.2) is 59.6 Å². The Labute approximate surface area is 203 Å². The summed E-state index contributed by atoms with van der Waals surface area (Å²) >= 11 is 12.3. The summed E-state index contributed by atoms with van der Waals surface area (Å²) in [5.41, 5.74) is 2.97. The molecule has 0 bridgehead atoms. The number of rotatable bonds is 6. The minimum atomic E-state index is -4.25. The van der Waals surface area contributed by atoms with E-state index in [1.807, 2.05) is 18.2 Å². The average Bonchev–Trinajstić information content (AvgIpc) is 3.37. The predicted octanol–water partition coefficient (Wildman–Crippen LogP) is 5.28. The molecule has 5 rings (SSSR count). The Morgan fingerprint density at radius 1 is 1.12 bits per heavy atom. The molecule has 0 saturated heterocycles. The van der Waals surface area contributed by atoms with Crippen molar-refractivity contribution in [2.75, 3.05) is 4.72 Å². The topological polar surface area (TPSA) is 102 Å². The fourth-order valence-corrected chi connectivity index (χ4v) is 5.28. The third kappa shape index (κ3) is 4.04. The van der Waals surface area contributed by atoms with Gasteiger partial charge in [0.2, 0.25) is 0 Å². The van der Waals surface area contributed by atoms with Gasteiger partial charge in [-0.05, 0) is 42.0 Å². The lowest BCUT2D eigenvalue weighted by atomic mass is 10.2.